The first-order valence-electron chi connectivity index (χ1n) is 4.65. The van der Waals surface area contributed by atoms with Crippen LogP contribution in [0.5, 0.6) is 11.6 Å². The van der Waals surface area contributed by atoms with E-state index in [0.29, 0.717) is 4.47 Å². The maximum absolute atomic E-state index is 10.6. The Morgan fingerprint density at radius 2 is 2.22 bits per heavy atom. The average Bonchev–Trinajstić information content (AvgIpc) is 2.34. The topological polar surface area (TPSA) is 78.2 Å². The number of rotatable bonds is 3. The molecule has 1 heterocycles. The molecule has 2 rings (SSSR count). The van der Waals surface area contributed by atoms with Gasteiger partial charge in [0.2, 0.25) is 5.88 Å². The van der Waals surface area contributed by atoms with Gasteiger partial charge in [-0.05, 0) is 22.0 Å². The molecule has 1 aromatic heterocycles. The zero-order chi connectivity index (χ0) is 13.1. The highest BCUT2D eigenvalue weighted by molar-refractivity contribution is 9.10. The van der Waals surface area contributed by atoms with Gasteiger partial charge >= 0.3 is 0 Å². The molecule has 0 aliphatic carbocycles. The summed E-state index contributed by atoms with van der Waals surface area (Å²) < 4.78 is 5.98. The summed E-state index contributed by atoms with van der Waals surface area (Å²) in [4.78, 5) is 17.7. The molecule has 0 N–H and O–H groups in total. The summed E-state index contributed by atoms with van der Waals surface area (Å²) >= 11 is 9.10. The Balaban J connectivity index is 2.30. The van der Waals surface area contributed by atoms with Gasteiger partial charge in [0.1, 0.15) is 12.1 Å². The SMILES string of the molecule is O=[N+]([O-])c1ccc(Oc2ncncc2Br)c(Cl)c1. The Morgan fingerprint density at radius 3 is 2.83 bits per heavy atom. The van der Waals surface area contributed by atoms with Crippen molar-refractivity contribution in [1.29, 1.82) is 0 Å². The predicted molar refractivity (Wildman–Crippen MR) is 67.9 cm³/mol. The summed E-state index contributed by atoms with van der Waals surface area (Å²) in [5, 5.41) is 10.7. The maximum Gasteiger partial charge on any atom is 0.271 e. The van der Waals surface area contributed by atoms with Crippen molar-refractivity contribution in [2.75, 3.05) is 0 Å². The van der Waals surface area contributed by atoms with Crippen LogP contribution in [0.1, 0.15) is 0 Å². The molecule has 0 amide bonds. The van der Waals surface area contributed by atoms with Crippen LogP contribution in [0.3, 0.4) is 0 Å². The maximum atomic E-state index is 10.6. The van der Waals surface area contributed by atoms with E-state index < -0.39 is 4.92 Å². The minimum atomic E-state index is -0.531. The largest absolute Gasteiger partial charge is 0.436 e. The number of aromatic nitrogens is 2. The first-order chi connectivity index (χ1) is 8.58. The Labute approximate surface area is 115 Å². The molecule has 2 aromatic rings. The van der Waals surface area contributed by atoms with E-state index in [4.69, 9.17) is 16.3 Å². The lowest BCUT2D eigenvalue weighted by atomic mass is 10.3. The van der Waals surface area contributed by atoms with E-state index in [1.54, 1.807) is 0 Å². The van der Waals surface area contributed by atoms with Crippen molar-refractivity contribution < 1.29 is 9.66 Å². The molecule has 92 valence electrons. The van der Waals surface area contributed by atoms with Gasteiger partial charge in [-0.25, -0.2) is 9.97 Å². The lowest BCUT2D eigenvalue weighted by Gasteiger charge is -2.07. The Kier molecular flexibility index (Phi) is 3.73. The first kappa shape index (κ1) is 12.7. The van der Waals surface area contributed by atoms with Crippen molar-refractivity contribution in [2.24, 2.45) is 0 Å². The minimum absolute atomic E-state index is 0.103. The Hall–Kier alpha value is -1.73. The highest BCUT2D eigenvalue weighted by Gasteiger charge is 2.12. The van der Waals surface area contributed by atoms with E-state index in [2.05, 4.69) is 25.9 Å². The van der Waals surface area contributed by atoms with Crippen LogP contribution >= 0.6 is 27.5 Å². The number of nitro groups is 1. The van der Waals surface area contributed by atoms with Gasteiger partial charge in [0.05, 0.1) is 14.4 Å². The van der Waals surface area contributed by atoms with Gasteiger partial charge < -0.3 is 4.74 Å². The van der Waals surface area contributed by atoms with Crippen LogP contribution in [0.15, 0.2) is 35.2 Å². The van der Waals surface area contributed by atoms with Crippen molar-refractivity contribution >= 4 is 33.2 Å². The standard InChI is InChI=1S/C10H5BrClN3O3/c11-7-4-13-5-14-10(7)18-9-2-1-6(15(16)17)3-8(9)12/h1-5H. The van der Waals surface area contributed by atoms with Gasteiger partial charge in [0, 0.05) is 18.3 Å². The number of nitro benzene ring substituents is 1. The van der Waals surface area contributed by atoms with Crippen molar-refractivity contribution in [3.05, 3.63) is 50.3 Å². The quantitative estimate of drug-likeness (QED) is 0.635. The predicted octanol–water partition coefficient (Wildman–Crippen LogP) is 3.59. The van der Waals surface area contributed by atoms with Gasteiger partial charge in [0.25, 0.3) is 5.69 Å². The van der Waals surface area contributed by atoms with E-state index in [1.165, 1.54) is 30.7 Å². The normalized spacial score (nSPS) is 10.1. The third-order valence-corrected chi connectivity index (χ3v) is 2.81. The Morgan fingerprint density at radius 1 is 1.44 bits per heavy atom. The molecular weight excluding hydrogens is 325 g/mol. The van der Waals surface area contributed by atoms with Crippen molar-refractivity contribution in [3.63, 3.8) is 0 Å². The van der Waals surface area contributed by atoms with Crippen LogP contribution in [-0.2, 0) is 0 Å². The monoisotopic (exact) mass is 329 g/mol. The number of non-ortho nitro benzene ring substituents is 1. The number of benzene rings is 1. The van der Waals surface area contributed by atoms with Gasteiger partial charge in [-0.2, -0.15) is 0 Å². The summed E-state index contributed by atoms with van der Waals surface area (Å²) in [6, 6.07) is 3.93. The summed E-state index contributed by atoms with van der Waals surface area (Å²) in [5.41, 5.74) is -0.103. The van der Waals surface area contributed by atoms with E-state index >= 15 is 0 Å². The van der Waals surface area contributed by atoms with Crippen LogP contribution in [0, 0.1) is 10.1 Å². The first-order valence-corrected chi connectivity index (χ1v) is 5.82. The van der Waals surface area contributed by atoms with Crippen LogP contribution in [0.25, 0.3) is 0 Å². The van der Waals surface area contributed by atoms with Crippen LogP contribution in [0.4, 0.5) is 5.69 Å². The lowest BCUT2D eigenvalue weighted by Crippen LogP contribution is -1.92. The fraction of sp³-hybridized carbons (Fsp3) is 0. The molecular formula is C10H5BrClN3O3. The molecule has 0 atom stereocenters. The van der Waals surface area contributed by atoms with Crippen molar-refractivity contribution in [1.82, 2.24) is 9.97 Å². The van der Waals surface area contributed by atoms with E-state index in [9.17, 15) is 10.1 Å². The molecule has 0 unspecified atom stereocenters. The molecule has 1 aromatic carbocycles. The average molecular weight is 331 g/mol. The molecule has 0 radical (unpaired) electrons. The van der Waals surface area contributed by atoms with E-state index in [-0.39, 0.29) is 22.3 Å². The number of halogens is 2. The van der Waals surface area contributed by atoms with Crippen LogP contribution in [-0.4, -0.2) is 14.9 Å². The zero-order valence-corrected chi connectivity index (χ0v) is 11.1. The highest BCUT2D eigenvalue weighted by Crippen LogP contribution is 2.33. The third kappa shape index (κ3) is 2.74. The molecule has 6 nitrogen and oxygen atoms in total. The second-order valence-electron chi connectivity index (χ2n) is 3.15. The fourth-order valence-electron chi connectivity index (χ4n) is 1.17. The third-order valence-electron chi connectivity index (χ3n) is 1.97. The second-order valence-corrected chi connectivity index (χ2v) is 4.41. The molecule has 0 spiro atoms. The summed E-state index contributed by atoms with van der Waals surface area (Å²) in [7, 11) is 0. The summed E-state index contributed by atoms with van der Waals surface area (Å²) in [6.07, 6.45) is 2.83. The number of hydrogen-bond donors (Lipinski definition) is 0. The van der Waals surface area contributed by atoms with Gasteiger partial charge in [-0.3, -0.25) is 10.1 Å². The molecule has 0 saturated heterocycles. The minimum Gasteiger partial charge on any atom is -0.436 e. The molecule has 18 heavy (non-hydrogen) atoms. The number of nitrogens with zero attached hydrogens (tertiary/aromatic N) is 3. The molecule has 8 heteroatoms. The molecule has 0 saturated carbocycles. The lowest BCUT2D eigenvalue weighted by molar-refractivity contribution is -0.384. The molecule has 0 aliphatic rings. The molecule has 0 fully saturated rings. The number of hydrogen-bond acceptors (Lipinski definition) is 5. The van der Waals surface area contributed by atoms with E-state index in [1.807, 2.05) is 0 Å². The number of ether oxygens (including phenoxy) is 1. The summed E-state index contributed by atoms with van der Waals surface area (Å²) in [5.74, 6) is 0.558. The molecule has 0 bridgehead atoms. The highest BCUT2D eigenvalue weighted by atomic mass is 79.9. The van der Waals surface area contributed by atoms with Gasteiger partial charge in [0.15, 0.2) is 0 Å². The van der Waals surface area contributed by atoms with E-state index in [0.717, 1.165) is 0 Å². The van der Waals surface area contributed by atoms with Gasteiger partial charge in [-0.15, -0.1) is 0 Å². The second kappa shape index (κ2) is 5.28. The van der Waals surface area contributed by atoms with Crippen molar-refractivity contribution in [2.45, 2.75) is 0 Å². The van der Waals surface area contributed by atoms with Crippen LogP contribution in [0.2, 0.25) is 5.02 Å². The smallest absolute Gasteiger partial charge is 0.271 e. The summed E-state index contributed by atoms with van der Waals surface area (Å²) in [6.45, 7) is 0. The zero-order valence-electron chi connectivity index (χ0n) is 8.71. The van der Waals surface area contributed by atoms with Crippen molar-refractivity contribution in [3.8, 4) is 11.6 Å². The fourth-order valence-corrected chi connectivity index (χ4v) is 1.68. The Bertz CT molecular complexity index is 609. The molecule has 0 aliphatic heterocycles. The van der Waals surface area contributed by atoms with Gasteiger partial charge in [-0.1, -0.05) is 11.6 Å². The van der Waals surface area contributed by atoms with Crippen LogP contribution < -0.4 is 4.74 Å².